The molecule has 3 rings (SSSR count). The van der Waals surface area contributed by atoms with Gasteiger partial charge in [0.1, 0.15) is 0 Å². The average molecular weight is 271 g/mol. The van der Waals surface area contributed by atoms with Crippen LogP contribution in [0.15, 0.2) is 0 Å². The number of hydrogen-bond acceptors (Lipinski definition) is 3. The van der Waals surface area contributed by atoms with E-state index in [1.807, 2.05) is 0 Å². The Morgan fingerprint density at radius 2 is 1.72 bits per heavy atom. The molecule has 4 heteroatoms. The van der Waals surface area contributed by atoms with Crippen molar-refractivity contribution in [3.05, 3.63) is 0 Å². The first-order chi connectivity index (χ1) is 8.48. The van der Waals surface area contributed by atoms with E-state index in [-0.39, 0.29) is 12.0 Å². The average Bonchev–Trinajstić information content (AvgIpc) is 2.51. The highest BCUT2D eigenvalue weighted by atomic mass is 32.2. The van der Waals surface area contributed by atoms with E-state index < -0.39 is 9.84 Å². The first-order valence-corrected chi connectivity index (χ1v) is 9.27. The van der Waals surface area contributed by atoms with Crippen LogP contribution in [0.5, 0.6) is 0 Å². The van der Waals surface area contributed by atoms with Crippen LogP contribution in [0.25, 0.3) is 0 Å². The topological polar surface area (TPSA) is 46.2 Å². The molecule has 2 aliphatic carbocycles. The summed E-state index contributed by atoms with van der Waals surface area (Å²) in [7, 11) is -2.77. The van der Waals surface area contributed by atoms with Crippen molar-refractivity contribution in [3.63, 3.8) is 0 Å². The van der Waals surface area contributed by atoms with Gasteiger partial charge < -0.3 is 5.32 Å². The van der Waals surface area contributed by atoms with Crippen LogP contribution in [-0.2, 0) is 9.84 Å². The summed E-state index contributed by atoms with van der Waals surface area (Å²) in [6.45, 7) is 2.07. The van der Waals surface area contributed by atoms with E-state index in [1.54, 1.807) is 0 Å². The summed E-state index contributed by atoms with van der Waals surface area (Å²) in [5.41, 5.74) is 0.636. The monoisotopic (exact) mass is 271 g/mol. The normalized spacial score (nSPS) is 38.7. The van der Waals surface area contributed by atoms with Crippen LogP contribution in [0.3, 0.4) is 0 Å². The largest absolute Gasteiger partial charge is 0.310 e. The Morgan fingerprint density at radius 1 is 1.06 bits per heavy atom. The zero-order chi connectivity index (χ0) is 12.8. The van der Waals surface area contributed by atoms with Gasteiger partial charge in [-0.15, -0.1) is 0 Å². The third kappa shape index (κ3) is 2.46. The van der Waals surface area contributed by atoms with Crippen molar-refractivity contribution in [1.82, 2.24) is 5.32 Å². The van der Waals surface area contributed by atoms with Crippen LogP contribution in [0.4, 0.5) is 0 Å². The Balaban J connectivity index is 1.51. The maximum Gasteiger partial charge on any atom is 0.152 e. The van der Waals surface area contributed by atoms with Gasteiger partial charge in [-0.2, -0.15) is 0 Å². The molecule has 3 nitrogen and oxygen atoms in total. The molecule has 1 aliphatic heterocycles. The lowest BCUT2D eigenvalue weighted by molar-refractivity contribution is 0.0326. The van der Waals surface area contributed by atoms with Gasteiger partial charge in [0.15, 0.2) is 9.84 Å². The van der Waals surface area contributed by atoms with Gasteiger partial charge in [-0.1, -0.05) is 26.2 Å². The Hall–Kier alpha value is -0.0900. The Bertz CT molecular complexity index is 404. The maximum absolute atomic E-state index is 11.6. The fourth-order valence-corrected chi connectivity index (χ4v) is 6.49. The number of hydrogen-bond donors (Lipinski definition) is 1. The van der Waals surface area contributed by atoms with E-state index in [4.69, 9.17) is 0 Å². The molecule has 1 spiro atoms. The van der Waals surface area contributed by atoms with E-state index in [1.165, 1.54) is 44.9 Å². The SMILES string of the molecule is C[C@H]1CS(=O)(=O)C[C@H]1NC1CC2(CCCCC2)C1. The summed E-state index contributed by atoms with van der Waals surface area (Å²) in [6.07, 6.45) is 9.61. The third-order valence-electron chi connectivity index (χ3n) is 5.36. The van der Waals surface area contributed by atoms with Crippen LogP contribution in [0, 0.1) is 11.3 Å². The van der Waals surface area contributed by atoms with E-state index >= 15 is 0 Å². The molecule has 18 heavy (non-hydrogen) atoms. The summed E-state index contributed by atoms with van der Waals surface area (Å²) >= 11 is 0. The van der Waals surface area contributed by atoms with Gasteiger partial charge in [0.25, 0.3) is 0 Å². The third-order valence-corrected chi connectivity index (χ3v) is 7.26. The molecule has 0 radical (unpaired) electrons. The molecular formula is C14H25NO2S. The predicted octanol–water partition coefficient (Wildman–Crippen LogP) is 2.12. The Morgan fingerprint density at radius 3 is 2.28 bits per heavy atom. The second-order valence-electron chi connectivity index (χ2n) is 6.99. The van der Waals surface area contributed by atoms with Gasteiger partial charge in [0, 0.05) is 12.1 Å². The molecule has 2 saturated carbocycles. The van der Waals surface area contributed by atoms with Crippen molar-refractivity contribution < 1.29 is 8.42 Å². The molecule has 1 N–H and O–H groups in total. The van der Waals surface area contributed by atoms with Crippen LogP contribution >= 0.6 is 0 Å². The summed E-state index contributed by atoms with van der Waals surface area (Å²) in [6, 6.07) is 0.796. The molecule has 3 aliphatic rings. The summed E-state index contributed by atoms with van der Waals surface area (Å²) in [5, 5.41) is 3.61. The molecule has 0 unspecified atom stereocenters. The zero-order valence-electron chi connectivity index (χ0n) is 11.3. The molecule has 0 aromatic rings. The first kappa shape index (κ1) is 12.9. The highest BCUT2D eigenvalue weighted by Gasteiger charge is 2.46. The number of sulfone groups is 1. The standard InChI is InChI=1S/C14H25NO2S/c1-11-9-18(16,17)10-13(11)15-12-7-14(8-12)5-3-2-4-6-14/h11-13,15H,2-10H2,1H3/t11-,13+/m0/s1. The lowest BCUT2D eigenvalue weighted by atomic mass is 9.58. The molecule has 3 fully saturated rings. The second-order valence-corrected chi connectivity index (χ2v) is 9.15. The highest BCUT2D eigenvalue weighted by molar-refractivity contribution is 7.91. The Labute approximate surface area is 111 Å². The minimum atomic E-state index is -2.77. The maximum atomic E-state index is 11.6. The molecule has 0 aromatic carbocycles. The lowest BCUT2D eigenvalue weighted by Gasteiger charge is -2.51. The lowest BCUT2D eigenvalue weighted by Crippen LogP contribution is -2.54. The van der Waals surface area contributed by atoms with Crippen LogP contribution in [-0.4, -0.2) is 32.0 Å². The fraction of sp³-hybridized carbons (Fsp3) is 1.00. The summed E-state index contributed by atoms with van der Waals surface area (Å²) in [4.78, 5) is 0. The van der Waals surface area contributed by atoms with Crippen LogP contribution < -0.4 is 5.32 Å². The van der Waals surface area contributed by atoms with Crippen molar-refractivity contribution in [2.75, 3.05) is 11.5 Å². The van der Waals surface area contributed by atoms with Gasteiger partial charge in [-0.05, 0) is 37.0 Å². The van der Waals surface area contributed by atoms with E-state index in [2.05, 4.69) is 12.2 Å². The molecule has 1 saturated heterocycles. The molecule has 0 aromatic heterocycles. The van der Waals surface area contributed by atoms with Gasteiger partial charge >= 0.3 is 0 Å². The molecule has 2 atom stereocenters. The molecule has 104 valence electrons. The van der Waals surface area contributed by atoms with Gasteiger partial charge in [-0.25, -0.2) is 8.42 Å². The predicted molar refractivity (Wildman–Crippen MR) is 73.3 cm³/mol. The van der Waals surface area contributed by atoms with Crippen molar-refractivity contribution in [2.45, 2.75) is 64.0 Å². The van der Waals surface area contributed by atoms with Crippen molar-refractivity contribution in [3.8, 4) is 0 Å². The first-order valence-electron chi connectivity index (χ1n) is 7.45. The minimum absolute atomic E-state index is 0.209. The highest BCUT2D eigenvalue weighted by Crippen LogP contribution is 2.51. The van der Waals surface area contributed by atoms with E-state index in [9.17, 15) is 8.42 Å². The summed E-state index contributed by atoms with van der Waals surface area (Å²) < 4.78 is 23.2. The number of nitrogens with one attached hydrogen (secondary N) is 1. The second kappa shape index (κ2) is 4.48. The molecule has 0 amide bonds. The Kier molecular flexibility index (Phi) is 3.22. The smallest absolute Gasteiger partial charge is 0.152 e. The molecular weight excluding hydrogens is 246 g/mol. The minimum Gasteiger partial charge on any atom is -0.310 e. The summed E-state index contributed by atoms with van der Waals surface area (Å²) in [5.74, 6) is 1.03. The van der Waals surface area contributed by atoms with Crippen LogP contribution in [0.2, 0.25) is 0 Å². The fourth-order valence-electron chi connectivity index (χ4n) is 4.35. The van der Waals surface area contributed by atoms with E-state index in [0.717, 1.165) is 0 Å². The quantitative estimate of drug-likeness (QED) is 0.837. The van der Waals surface area contributed by atoms with Gasteiger partial charge in [-0.3, -0.25) is 0 Å². The van der Waals surface area contributed by atoms with Crippen molar-refractivity contribution in [2.24, 2.45) is 11.3 Å². The van der Waals surface area contributed by atoms with Crippen molar-refractivity contribution >= 4 is 9.84 Å². The van der Waals surface area contributed by atoms with Crippen LogP contribution in [0.1, 0.15) is 51.9 Å². The van der Waals surface area contributed by atoms with E-state index in [0.29, 0.717) is 23.0 Å². The van der Waals surface area contributed by atoms with Gasteiger partial charge in [0.2, 0.25) is 0 Å². The molecule has 1 heterocycles. The molecule has 0 bridgehead atoms. The van der Waals surface area contributed by atoms with Crippen molar-refractivity contribution in [1.29, 1.82) is 0 Å². The number of rotatable bonds is 2. The zero-order valence-corrected chi connectivity index (χ0v) is 12.1. The van der Waals surface area contributed by atoms with Gasteiger partial charge in [0.05, 0.1) is 11.5 Å².